The highest BCUT2D eigenvalue weighted by Gasteiger charge is 2.20. The highest BCUT2D eigenvalue weighted by molar-refractivity contribution is 5.74. The predicted molar refractivity (Wildman–Crippen MR) is 83.2 cm³/mol. The number of carboxylic acid groups (broad SMARTS) is 1. The molecule has 2 unspecified atom stereocenters. The maximum absolute atomic E-state index is 12.2. The molecule has 1 saturated heterocycles. The number of rotatable bonds is 6. The van der Waals surface area contributed by atoms with E-state index < -0.39 is 5.97 Å². The van der Waals surface area contributed by atoms with Gasteiger partial charge in [-0.2, -0.15) is 0 Å². The minimum absolute atomic E-state index is 0.0114. The molecule has 0 saturated carbocycles. The third-order valence-corrected chi connectivity index (χ3v) is 4.11. The van der Waals surface area contributed by atoms with E-state index in [1.807, 2.05) is 4.90 Å². The number of carbonyl (C=O) groups is 2. The van der Waals surface area contributed by atoms with Crippen LogP contribution in [0.4, 0.5) is 4.79 Å². The molecule has 1 fully saturated rings. The molecule has 2 atom stereocenters. The summed E-state index contributed by atoms with van der Waals surface area (Å²) in [7, 11) is 0. The first-order valence-electron chi connectivity index (χ1n) is 8.13. The molecular formula is C16H30N2O3. The fraction of sp³-hybridized carbons (Fsp3) is 0.875. The van der Waals surface area contributed by atoms with E-state index in [2.05, 4.69) is 26.1 Å². The zero-order valence-corrected chi connectivity index (χ0v) is 13.6. The normalized spacial score (nSPS) is 21.0. The standard InChI is InChI=1S/C16H30N2O3/c1-12(2)9-14(10-15(19)20)11-17-16(21)18-7-4-5-13(3)6-8-18/h12-14H,4-11H2,1-3H3,(H,17,21)(H,19,20). The summed E-state index contributed by atoms with van der Waals surface area (Å²) in [6.07, 6.45) is 4.23. The van der Waals surface area contributed by atoms with E-state index in [1.54, 1.807) is 0 Å². The molecule has 21 heavy (non-hydrogen) atoms. The molecule has 2 amide bonds. The van der Waals surface area contributed by atoms with E-state index in [0.717, 1.165) is 32.4 Å². The average molecular weight is 298 g/mol. The van der Waals surface area contributed by atoms with E-state index in [0.29, 0.717) is 18.4 Å². The van der Waals surface area contributed by atoms with Crippen molar-refractivity contribution in [2.24, 2.45) is 17.8 Å². The lowest BCUT2D eigenvalue weighted by atomic mass is 9.94. The molecule has 1 aliphatic rings. The monoisotopic (exact) mass is 298 g/mol. The number of hydrogen-bond acceptors (Lipinski definition) is 2. The Balaban J connectivity index is 2.42. The van der Waals surface area contributed by atoms with Crippen LogP contribution in [-0.2, 0) is 4.79 Å². The second kappa shape index (κ2) is 8.90. The fourth-order valence-electron chi connectivity index (χ4n) is 2.96. The van der Waals surface area contributed by atoms with Gasteiger partial charge in [-0.25, -0.2) is 4.79 Å². The molecule has 0 aromatic heterocycles. The Morgan fingerprint density at radius 1 is 1.29 bits per heavy atom. The lowest BCUT2D eigenvalue weighted by molar-refractivity contribution is -0.138. The molecule has 5 heteroatoms. The second-order valence-electron chi connectivity index (χ2n) is 6.80. The van der Waals surface area contributed by atoms with Crippen LogP contribution in [-0.4, -0.2) is 41.6 Å². The predicted octanol–water partition coefficient (Wildman–Crippen LogP) is 2.96. The maximum atomic E-state index is 12.2. The Kier molecular flexibility index (Phi) is 7.54. The molecule has 0 spiro atoms. The third-order valence-electron chi connectivity index (χ3n) is 4.11. The molecule has 0 bridgehead atoms. The Morgan fingerprint density at radius 3 is 2.62 bits per heavy atom. The minimum atomic E-state index is -0.793. The van der Waals surface area contributed by atoms with Gasteiger partial charge in [0.05, 0.1) is 0 Å². The van der Waals surface area contributed by atoms with Crippen molar-refractivity contribution in [2.45, 2.75) is 52.9 Å². The number of carboxylic acids is 1. The first-order valence-corrected chi connectivity index (χ1v) is 8.13. The maximum Gasteiger partial charge on any atom is 0.317 e. The number of hydrogen-bond donors (Lipinski definition) is 2. The molecular weight excluding hydrogens is 268 g/mol. The number of carbonyl (C=O) groups excluding carboxylic acids is 1. The molecule has 2 N–H and O–H groups in total. The van der Waals surface area contributed by atoms with Crippen molar-refractivity contribution in [2.75, 3.05) is 19.6 Å². The molecule has 0 aliphatic carbocycles. The lowest BCUT2D eigenvalue weighted by Crippen LogP contribution is -2.42. The van der Waals surface area contributed by atoms with Crippen LogP contribution < -0.4 is 5.32 Å². The summed E-state index contributed by atoms with van der Waals surface area (Å²) in [5.41, 5.74) is 0. The summed E-state index contributed by atoms with van der Waals surface area (Å²) in [6, 6.07) is -0.0387. The minimum Gasteiger partial charge on any atom is -0.481 e. The van der Waals surface area contributed by atoms with Crippen molar-refractivity contribution in [1.82, 2.24) is 10.2 Å². The zero-order chi connectivity index (χ0) is 15.8. The second-order valence-corrected chi connectivity index (χ2v) is 6.80. The topological polar surface area (TPSA) is 69.6 Å². The van der Waals surface area contributed by atoms with Gasteiger partial charge >= 0.3 is 12.0 Å². The summed E-state index contributed by atoms with van der Waals surface area (Å²) in [6.45, 7) is 8.45. The summed E-state index contributed by atoms with van der Waals surface area (Å²) < 4.78 is 0. The Hall–Kier alpha value is -1.26. The smallest absolute Gasteiger partial charge is 0.317 e. The summed E-state index contributed by atoms with van der Waals surface area (Å²) in [5, 5.41) is 11.9. The molecule has 122 valence electrons. The Labute approximate surface area is 128 Å². The van der Waals surface area contributed by atoms with Gasteiger partial charge in [0.25, 0.3) is 0 Å². The van der Waals surface area contributed by atoms with E-state index in [-0.39, 0.29) is 18.4 Å². The van der Waals surface area contributed by atoms with Gasteiger partial charge in [-0.15, -0.1) is 0 Å². The summed E-state index contributed by atoms with van der Waals surface area (Å²) >= 11 is 0. The number of nitrogens with one attached hydrogen (secondary N) is 1. The van der Waals surface area contributed by atoms with Crippen molar-refractivity contribution in [3.05, 3.63) is 0 Å². The number of urea groups is 1. The largest absolute Gasteiger partial charge is 0.481 e. The number of amides is 2. The number of likely N-dealkylation sites (tertiary alicyclic amines) is 1. The molecule has 1 aliphatic heterocycles. The SMILES string of the molecule is CC(C)CC(CNC(=O)N1CCCC(C)CC1)CC(=O)O. The molecule has 0 aromatic carbocycles. The van der Waals surface area contributed by atoms with Crippen LogP contribution in [0.1, 0.15) is 52.9 Å². The van der Waals surface area contributed by atoms with E-state index >= 15 is 0 Å². The lowest BCUT2D eigenvalue weighted by Gasteiger charge is -2.23. The van der Waals surface area contributed by atoms with Gasteiger partial charge in [0.2, 0.25) is 0 Å². The van der Waals surface area contributed by atoms with Gasteiger partial charge in [0.1, 0.15) is 0 Å². The summed E-state index contributed by atoms with van der Waals surface area (Å²) in [5.74, 6) is 0.338. The highest BCUT2D eigenvalue weighted by Crippen LogP contribution is 2.17. The van der Waals surface area contributed by atoms with E-state index in [1.165, 1.54) is 6.42 Å². The van der Waals surface area contributed by atoms with E-state index in [9.17, 15) is 9.59 Å². The van der Waals surface area contributed by atoms with Crippen molar-refractivity contribution in [1.29, 1.82) is 0 Å². The van der Waals surface area contributed by atoms with E-state index in [4.69, 9.17) is 5.11 Å². The van der Waals surface area contributed by atoms with Crippen molar-refractivity contribution in [3.63, 3.8) is 0 Å². The van der Waals surface area contributed by atoms with Crippen LogP contribution in [0.15, 0.2) is 0 Å². The van der Waals surface area contributed by atoms with Crippen LogP contribution in [0.3, 0.4) is 0 Å². The Morgan fingerprint density at radius 2 is 2.00 bits per heavy atom. The van der Waals surface area contributed by atoms with Crippen LogP contribution in [0.2, 0.25) is 0 Å². The van der Waals surface area contributed by atoms with Gasteiger partial charge in [-0.1, -0.05) is 20.8 Å². The number of aliphatic carboxylic acids is 1. The van der Waals surface area contributed by atoms with Gasteiger partial charge in [-0.3, -0.25) is 4.79 Å². The van der Waals surface area contributed by atoms with Crippen LogP contribution >= 0.6 is 0 Å². The zero-order valence-electron chi connectivity index (χ0n) is 13.6. The molecule has 0 aromatic rings. The van der Waals surface area contributed by atoms with Gasteiger partial charge in [0.15, 0.2) is 0 Å². The third kappa shape index (κ3) is 7.34. The van der Waals surface area contributed by atoms with Gasteiger partial charge in [-0.05, 0) is 43.4 Å². The summed E-state index contributed by atoms with van der Waals surface area (Å²) in [4.78, 5) is 25.0. The molecule has 0 radical (unpaired) electrons. The van der Waals surface area contributed by atoms with Gasteiger partial charge < -0.3 is 15.3 Å². The molecule has 5 nitrogen and oxygen atoms in total. The quantitative estimate of drug-likeness (QED) is 0.792. The van der Waals surface area contributed by atoms with Crippen LogP contribution in [0.5, 0.6) is 0 Å². The fourth-order valence-corrected chi connectivity index (χ4v) is 2.96. The van der Waals surface area contributed by atoms with Gasteiger partial charge in [0, 0.05) is 26.1 Å². The average Bonchev–Trinajstić information content (AvgIpc) is 2.59. The van der Waals surface area contributed by atoms with Crippen LogP contribution in [0, 0.1) is 17.8 Å². The van der Waals surface area contributed by atoms with Crippen molar-refractivity contribution in [3.8, 4) is 0 Å². The number of nitrogens with zero attached hydrogens (tertiary/aromatic N) is 1. The molecule has 1 rings (SSSR count). The first kappa shape index (κ1) is 17.8. The van der Waals surface area contributed by atoms with Crippen molar-refractivity contribution >= 4 is 12.0 Å². The first-order chi connectivity index (χ1) is 9.88. The highest BCUT2D eigenvalue weighted by atomic mass is 16.4. The molecule has 1 heterocycles. The Bertz CT molecular complexity index is 344. The van der Waals surface area contributed by atoms with Crippen molar-refractivity contribution < 1.29 is 14.7 Å². The van der Waals surface area contributed by atoms with Crippen LogP contribution in [0.25, 0.3) is 0 Å².